The molecule has 0 aromatic heterocycles. The zero-order chi connectivity index (χ0) is 10.6. The fraction of sp³-hybridized carbons (Fsp3) is 0. The van der Waals surface area contributed by atoms with Gasteiger partial charge >= 0.3 is 0 Å². The summed E-state index contributed by atoms with van der Waals surface area (Å²) in [6.07, 6.45) is 4.51. The lowest BCUT2D eigenvalue weighted by atomic mass is 10.2. The molecule has 14 heavy (non-hydrogen) atoms. The molecule has 3 nitrogen and oxygen atoms in total. The summed E-state index contributed by atoms with van der Waals surface area (Å²) in [7, 11) is 0. The van der Waals surface area contributed by atoms with Crippen LogP contribution in [0.1, 0.15) is 0 Å². The number of nitrogens with two attached hydrogens (primary N) is 1. The monoisotopic (exact) mass is 208 g/mol. The van der Waals surface area contributed by atoms with Crippen LogP contribution in [0, 0.1) is 0 Å². The molecule has 4 heteroatoms. The summed E-state index contributed by atoms with van der Waals surface area (Å²) < 4.78 is 21.7. The Bertz CT molecular complexity index is 479. The molecule has 1 aromatic rings. The Morgan fingerprint density at radius 3 is 2.71 bits per heavy atom. The van der Waals surface area contributed by atoms with Gasteiger partial charge in [-0.15, -0.1) is 0 Å². The van der Waals surface area contributed by atoms with E-state index in [0.29, 0.717) is 10.4 Å². The molecule has 0 aliphatic carbocycles. The highest BCUT2D eigenvalue weighted by Crippen LogP contribution is 1.93. The zero-order valence-corrected chi connectivity index (χ0v) is 8.29. The van der Waals surface area contributed by atoms with Gasteiger partial charge < -0.3 is 10.3 Å². The normalized spacial score (nSPS) is 15.5. The van der Waals surface area contributed by atoms with E-state index in [0.717, 1.165) is 0 Å². The maximum absolute atomic E-state index is 10.9. The first kappa shape index (κ1) is 10.7. The van der Waals surface area contributed by atoms with Crippen molar-refractivity contribution in [2.75, 3.05) is 0 Å². The number of hydrogen-bond acceptors (Lipinski definition) is 3. The Labute approximate surface area is 84.5 Å². The lowest BCUT2D eigenvalue weighted by Crippen LogP contribution is -2.29. The van der Waals surface area contributed by atoms with Crippen LogP contribution in [-0.2, 0) is 11.1 Å². The Balaban J connectivity index is 3.70. The van der Waals surface area contributed by atoms with E-state index in [4.69, 9.17) is 5.73 Å². The fourth-order valence-corrected chi connectivity index (χ4v) is 1.70. The van der Waals surface area contributed by atoms with Crippen molar-refractivity contribution in [1.29, 1.82) is 0 Å². The van der Waals surface area contributed by atoms with Gasteiger partial charge in [0.05, 0.1) is 0 Å². The Hall–Kier alpha value is -1.39. The number of rotatable bonds is 2. The van der Waals surface area contributed by atoms with Crippen LogP contribution in [0.3, 0.4) is 0 Å². The minimum absolute atomic E-state index is 0.226. The predicted molar refractivity (Wildman–Crippen MR) is 56.2 cm³/mol. The molecule has 0 amide bonds. The summed E-state index contributed by atoms with van der Waals surface area (Å²) in [5.74, 6) is 0. The first-order valence-electron chi connectivity index (χ1n) is 3.93. The topological polar surface area (TPSA) is 66.1 Å². The number of benzene rings is 1. The predicted octanol–water partition coefficient (Wildman–Crippen LogP) is -0.412. The van der Waals surface area contributed by atoms with Crippen molar-refractivity contribution in [3.8, 4) is 0 Å². The van der Waals surface area contributed by atoms with Gasteiger partial charge in [-0.25, -0.2) is 0 Å². The molecular formula is C10H10NO2S-. The molecule has 1 atom stereocenters. The van der Waals surface area contributed by atoms with Crippen LogP contribution in [0.5, 0.6) is 0 Å². The second-order valence-electron chi connectivity index (χ2n) is 2.56. The van der Waals surface area contributed by atoms with Crippen LogP contribution >= 0.6 is 0 Å². The summed E-state index contributed by atoms with van der Waals surface area (Å²) in [5, 5.41) is 1.24. The van der Waals surface area contributed by atoms with Crippen LogP contribution in [0.15, 0.2) is 35.7 Å². The van der Waals surface area contributed by atoms with Crippen molar-refractivity contribution in [3.05, 3.63) is 41.3 Å². The molecular weight excluding hydrogens is 198 g/mol. The SMILES string of the molecule is C=C/C=c1/c(S(=O)[O-])ccc/c1=C/N. The van der Waals surface area contributed by atoms with Gasteiger partial charge in [-0.05, 0) is 27.6 Å². The zero-order valence-electron chi connectivity index (χ0n) is 7.47. The lowest BCUT2D eigenvalue weighted by molar-refractivity contribution is 0.536. The highest BCUT2D eigenvalue weighted by Gasteiger charge is 1.94. The van der Waals surface area contributed by atoms with Gasteiger partial charge in [0.1, 0.15) is 0 Å². The van der Waals surface area contributed by atoms with Gasteiger partial charge in [0.15, 0.2) is 0 Å². The largest absolute Gasteiger partial charge is 0.768 e. The first-order valence-corrected chi connectivity index (χ1v) is 5.01. The minimum atomic E-state index is -2.26. The van der Waals surface area contributed by atoms with Crippen LogP contribution < -0.4 is 16.2 Å². The quantitative estimate of drug-likeness (QED) is 0.672. The number of allylic oxidation sites excluding steroid dienone is 1. The summed E-state index contributed by atoms with van der Waals surface area (Å²) in [5.41, 5.74) is 5.37. The molecule has 0 saturated carbocycles. The van der Waals surface area contributed by atoms with E-state index in [9.17, 15) is 8.76 Å². The molecule has 0 bridgehead atoms. The summed E-state index contributed by atoms with van der Waals surface area (Å²) in [4.78, 5) is 0.226. The third-order valence-corrected chi connectivity index (χ3v) is 2.46. The Morgan fingerprint density at radius 2 is 2.21 bits per heavy atom. The van der Waals surface area contributed by atoms with Crippen molar-refractivity contribution in [3.63, 3.8) is 0 Å². The molecule has 0 heterocycles. The van der Waals surface area contributed by atoms with E-state index in [1.807, 2.05) is 0 Å². The molecule has 1 aromatic carbocycles. The summed E-state index contributed by atoms with van der Waals surface area (Å²) in [6, 6.07) is 4.90. The van der Waals surface area contributed by atoms with Crippen molar-refractivity contribution in [1.82, 2.24) is 0 Å². The first-order chi connectivity index (χ1) is 6.70. The third-order valence-electron chi connectivity index (χ3n) is 1.74. The third kappa shape index (κ3) is 2.10. The fourth-order valence-electron chi connectivity index (χ4n) is 1.15. The minimum Gasteiger partial charge on any atom is -0.768 e. The molecule has 74 valence electrons. The van der Waals surface area contributed by atoms with E-state index in [2.05, 4.69) is 6.58 Å². The van der Waals surface area contributed by atoms with Crippen molar-refractivity contribution < 1.29 is 8.76 Å². The second kappa shape index (κ2) is 4.74. The van der Waals surface area contributed by atoms with Crippen molar-refractivity contribution in [2.45, 2.75) is 4.90 Å². The second-order valence-corrected chi connectivity index (χ2v) is 3.47. The van der Waals surface area contributed by atoms with Gasteiger partial charge in [-0.2, -0.15) is 0 Å². The molecule has 0 saturated heterocycles. The molecule has 1 unspecified atom stereocenters. The molecule has 0 radical (unpaired) electrons. The molecule has 0 fully saturated rings. The van der Waals surface area contributed by atoms with Gasteiger partial charge in [-0.3, -0.25) is 4.21 Å². The summed E-state index contributed by atoms with van der Waals surface area (Å²) in [6.45, 7) is 3.52. The molecule has 0 aliphatic rings. The lowest BCUT2D eigenvalue weighted by Gasteiger charge is -2.05. The van der Waals surface area contributed by atoms with Crippen LogP contribution in [0.2, 0.25) is 0 Å². The molecule has 2 N–H and O–H groups in total. The average Bonchev–Trinajstić information content (AvgIpc) is 2.18. The van der Waals surface area contributed by atoms with Crippen molar-refractivity contribution in [2.24, 2.45) is 5.73 Å². The molecule has 0 spiro atoms. The van der Waals surface area contributed by atoms with E-state index < -0.39 is 11.1 Å². The summed E-state index contributed by atoms with van der Waals surface area (Å²) >= 11 is -2.26. The van der Waals surface area contributed by atoms with Gasteiger partial charge in [0.2, 0.25) is 0 Å². The maximum atomic E-state index is 10.9. The van der Waals surface area contributed by atoms with Gasteiger partial charge in [0, 0.05) is 11.1 Å². The van der Waals surface area contributed by atoms with Crippen LogP contribution in [-0.4, -0.2) is 8.76 Å². The maximum Gasteiger partial charge on any atom is 0.0327 e. The Kier molecular flexibility index (Phi) is 3.62. The van der Waals surface area contributed by atoms with Crippen molar-refractivity contribution >= 4 is 23.4 Å². The molecule has 0 aliphatic heterocycles. The van der Waals surface area contributed by atoms with Crippen LogP contribution in [0.25, 0.3) is 12.3 Å². The number of hydrogen-bond donors (Lipinski definition) is 1. The standard InChI is InChI=1S/C10H11NO2S/c1-2-4-9-8(7-11)5-3-6-10(9)14(12)13/h2-7H,1,11H2,(H,12,13)/p-1/b8-7-,9-4+. The van der Waals surface area contributed by atoms with Gasteiger partial charge in [0.25, 0.3) is 0 Å². The van der Waals surface area contributed by atoms with Crippen LogP contribution in [0.4, 0.5) is 0 Å². The van der Waals surface area contributed by atoms with E-state index >= 15 is 0 Å². The Morgan fingerprint density at radius 1 is 1.50 bits per heavy atom. The van der Waals surface area contributed by atoms with E-state index in [1.54, 1.807) is 18.2 Å². The van der Waals surface area contributed by atoms with E-state index in [-0.39, 0.29) is 4.90 Å². The smallest absolute Gasteiger partial charge is 0.0327 e. The molecule has 1 rings (SSSR count). The highest BCUT2D eigenvalue weighted by molar-refractivity contribution is 7.79. The average molecular weight is 208 g/mol. The highest BCUT2D eigenvalue weighted by atomic mass is 32.2. The van der Waals surface area contributed by atoms with Gasteiger partial charge in [-0.1, -0.05) is 30.9 Å². The van der Waals surface area contributed by atoms with E-state index in [1.165, 1.54) is 18.3 Å².